The maximum atomic E-state index is 12.4. The largest absolute Gasteiger partial charge is 0.334 e. The van der Waals surface area contributed by atoms with E-state index in [2.05, 4.69) is 20.9 Å². The lowest BCUT2D eigenvalue weighted by Crippen LogP contribution is -2.30. The molecule has 2 aromatic rings. The van der Waals surface area contributed by atoms with E-state index in [9.17, 15) is 4.79 Å². The third-order valence-corrected chi connectivity index (χ3v) is 3.78. The summed E-state index contributed by atoms with van der Waals surface area (Å²) in [5.41, 5.74) is 1.54. The van der Waals surface area contributed by atoms with Crippen molar-refractivity contribution in [2.45, 2.75) is 13.0 Å². The van der Waals surface area contributed by atoms with E-state index in [1.54, 1.807) is 24.2 Å². The monoisotopic (exact) mass is 318 g/mol. The molecule has 1 amide bonds. The summed E-state index contributed by atoms with van der Waals surface area (Å²) in [5, 5.41) is 0. The molecule has 0 N–H and O–H groups in total. The molecule has 0 aliphatic heterocycles. The highest BCUT2D eigenvalue weighted by atomic mass is 79.9. The molecule has 0 saturated heterocycles. The Bertz CT molecular complexity index is 571. The van der Waals surface area contributed by atoms with E-state index in [1.165, 1.54) is 0 Å². The molecular weight excluding hydrogens is 304 g/mol. The zero-order chi connectivity index (χ0) is 13.8. The Balaban J connectivity index is 2.23. The van der Waals surface area contributed by atoms with Gasteiger partial charge < -0.3 is 4.90 Å². The average Bonchev–Trinajstić information content (AvgIpc) is 2.46. The molecule has 0 fully saturated rings. The fourth-order valence-corrected chi connectivity index (χ4v) is 2.27. The Kier molecular flexibility index (Phi) is 4.32. The number of carbonyl (C=O) groups excluding carboxylic acids is 1. The summed E-state index contributed by atoms with van der Waals surface area (Å²) in [5.74, 6) is -0.0937. The van der Waals surface area contributed by atoms with Crippen LogP contribution in [-0.4, -0.2) is 22.8 Å². The number of hydrogen-bond acceptors (Lipinski definition) is 2. The summed E-state index contributed by atoms with van der Waals surface area (Å²) in [4.78, 5) is 18.2. The molecule has 1 unspecified atom stereocenters. The van der Waals surface area contributed by atoms with Crippen LogP contribution in [0.5, 0.6) is 0 Å². The molecule has 1 heterocycles. The Morgan fingerprint density at radius 3 is 2.53 bits per heavy atom. The number of aromatic nitrogens is 1. The Hall–Kier alpha value is -1.68. The van der Waals surface area contributed by atoms with Crippen LogP contribution < -0.4 is 0 Å². The highest BCUT2D eigenvalue weighted by molar-refractivity contribution is 9.10. The molecule has 1 atom stereocenters. The quantitative estimate of drug-likeness (QED) is 0.865. The van der Waals surface area contributed by atoms with Crippen LogP contribution in [0.25, 0.3) is 0 Å². The van der Waals surface area contributed by atoms with Gasteiger partial charge in [-0.2, -0.15) is 0 Å². The number of rotatable bonds is 3. The first-order valence-electron chi connectivity index (χ1n) is 6.04. The molecule has 0 spiro atoms. The standard InChI is InChI=1S/C15H15BrN2O/c1-11(12-7-4-3-5-8-12)18(2)15(19)14-13(16)9-6-10-17-14/h3-11H,1-2H3. The van der Waals surface area contributed by atoms with E-state index in [0.717, 1.165) is 5.56 Å². The highest BCUT2D eigenvalue weighted by Gasteiger charge is 2.21. The molecule has 0 radical (unpaired) electrons. The zero-order valence-corrected chi connectivity index (χ0v) is 12.5. The predicted molar refractivity (Wildman–Crippen MR) is 78.9 cm³/mol. The number of hydrogen-bond donors (Lipinski definition) is 0. The summed E-state index contributed by atoms with van der Waals surface area (Å²) in [6, 6.07) is 13.6. The van der Waals surface area contributed by atoms with Crippen molar-refractivity contribution in [1.29, 1.82) is 0 Å². The predicted octanol–water partition coefficient (Wildman–Crippen LogP) is 3.68. The van der Waals surface area contributed by atoms with Crippen molar-refractivity contribution in [2.75, 3.05) is 7.05 Å². The van der Waals surface area contributed by atoms with Crippen molar-refractivity contribution >= 4 is 21.8 Å². The zero-order valence-electron chi connectivity index (χ0n) is 10.9. The van der Waals surface area contributed by atoms with Crippen molar-refractivity contribution in [3.05, 3.63) is 64.4 Å². The molecule has 3 nitrogen and oxygen atoms in total. The van der Waals surface area contributed by atoms with Crippen LogP contribution in [0.2, 0.25) is 0 Å². The van der Waals surface area contributed by atoms with Crippen LogP contribution in [0, 0.1) is 0 Å². The molecule has 0 aliphatic carbocycles. The second-order valence-corrected chi connectivity index (χ2v) is 5.19. The van der Waals surface area contributed by atoms with Gasteiger partial charge in [-0.25, -0.2) is 4.98 Å². The van der Waals surface area contributed by atoms with Crippen LogP contribution >= 0.6 is 15.9 Å². The number of benzene rings is 1. The minimum absolute atomic E-state index is 0.00241. The fraction of sp³-hybridized carbons (Fsp3) is 0.200. The minimum atomic E-state index is -0.0937. The van der Waals surface area contributed by atoms with Crippen LogP contribution in [0.1, 0.15) is 29.0 Å². The van der Waals surface area contributed by atoms with Crippen LogP contribution in [0.4, 0.5) is 0 Å². The van der Waals surface area contributed by atoms with Crippen molar-refractivity contribution < 1.29 is 4.79 Å². The first kappa shape index (κ1) is 13.7. The molecule has 98 valence electrons. The number of pyridine rings is 1. The van der Waals surface area contributed by atoms with Gasteiger partial charge in [0, 0.05) is 17.7 Å². The van der Waals surface area contributed by atoms with Crippen molar-refractivity contribution in [3.8, 4) is 0 Å². The smallest absolute Gasteiger partial charge is 0.273 e. The second-order valence-electron chi connectivity index (χ2n) is 4.34. The minimum Gasteiger partial charge on any atom is -0.334 e. The topological polar surface area (TPSA) is 33.2 Å². The van der Waals surface area contributed by atoms with Gasteiger partial charge in [0.1, 0.15) is 5.69 Å². The maximum absolute atomic E-state index is 12.4. The Labute approximate surface area is 121 Å². The van der Waals surface area contributed by atoms with Crippen molar-refractivity contribution in [3.63, 3.8) is 0 Å². The molecule has 0 aliphatic rings. The molecule has 0 saturated carbocycles. The van der Waals surface area contributed by atoms with Gasteiger partial charge in [0.25, 0.3) is 5.91 Å². The van der Waals surface area contributed by atoms with E-state index in [1.807, 2.05) is 43.3 Å². The number of halogens is 1. The van der Waals surface area contributed by atoms with E-state index < -0.39 is 0 Å². The third-order valence-electron chi connectivity index (χ3n) is 3.14. The van der Waals surface area contributed by atoms with Gasteiger partial charge in [0.2, 0.25) is 0 Å². The van der Waals surface area contributed by atoms with E-state index >= 15 is 0 Å². The molecule has 19 heavy (non-hydrogen) atoms. The summed E-state index contributed by atoms with van der Waals surface area (Å²) in [7, 11) is 1.79. The third kappa shape index (κ3) is 3.01. The molecule has 2 rings (SSSR count). The lowest BCUT2D eigenvalue weighted by molar-refractivity contribution is 0.0735. The van der Waals surface area contributed by atoms with Gasteiger partial charge >= 0.3 is 0 Å². The highest BCUT2D eigenvalue weighted by Crippen LogP contribution is 2.22. The van der Waals surface area contributed by atoms with Crippen LogP contribution in [-0.2, 0) is 0 Å². The van der Waals surface area contributed by atoms with Gasteiger partial charge in [-0.3, -0.25) is 4.79 Å². The maximum Gasteiger partial charge on any atom is 0.273 e. The normalized spacial score (nSPS) is 11.9. The first-order chi connectivity index (χ1) is 9.11. The number of carbonyl (C=O) groups is 1. The van der Waals surface area contributed by atoms with Gasteiger partial charge in [0.15, 0.2) is 0 Å². The summed E-state index contributed by atoms with van der Waals surface area (Å²) < 4.78 is 0.715. The number of amides is 1. The second kappa shape index (κ2) is 5.97. The molecule has 1 aromatic carbocycles. The summed E-state index contributed by atoms with van der Waals surface area (Å²) in [6.45, 7) is 2.00. The van der Waals surface area contributed by atoms with Gasteiger partial charge in [-0.1, -0.05) is 30.3 Å². The van der Waals surface area contributed by atoms with Crippen molar-refractivity contribution in [2.24, 2.45) is 0 Å². The van der Waals surface area contributed by atoms with E-state index in [0.29, 0.717) is 10.2 Å². The van der Waals surface area contributed by atoms with Gasteiger partial charge in [-0.15, -0.1) is 0 Å². The Morgan fingerprint density at radius 2 is 1.89 bits per heavy atom. The fourth-order valence-electron chi connectivity index (χ4n) is 1.84. The Morgan fingerprint density at radius 1 is 1.21 bits per heavy atom. The summed E-state index contributed by atoms with van der Waals surface area (Å²) >= 11 is 3.36. The van der Waals surface area contributed by atoms with E-state index in [-0.39, 0.29) is 11.9 Å². The molecule has 0 bridgehead atoms. The first-order valence-corrected chi connectivity index (χ1v) is 6.83. The molecule has 1 aromatic heterocycles. The lowest BCUT2D eigenvalue weighted by atomic mass is 10.1. The summed E-state index contributed by atoms with van der Waals surface area (Å²) in [6.07, 6.45) is 1.62. The SMILES string of the molecule is CC(c1ccccc1)N(C)C(=O)c1ncccc1Br. The molecular formula is C15H15BrN2O. The van der Waals surface area contributed by atoms with Crippen LogP contribution in [0.3, 0.4) is 0 Å². The lowest BCUT2D eigenvalue weighted by Gasteiger charge is -2.25. The van der Waals surface area contributed by atoms with Gasteiger partial charge in [-0.05, 0) is 40.5 Å². The average molecular weight is 319 g/mol. The molecule has 4 heteroatoms. The van der Waals surface area contributed by atoms with Crippen LogP contribution in [0.15, 0.2) is 53.1 Å². The van der Waals surface area contributed by atoms with E-state index in [4.69, 9.17) is 0 Å². The van der Waals surface area contributed by atoms with Gasteiger partial charge in [0.05, 0.1) is 6.04 Å². The van der Waals surface area contributed by atoms with Crippen molar-refractivity contribution in [1.82, 2.24) is 9.88 Å². The number of nitrogens with zero attached hydrogens (tertiary/aromatic N) is 2.